The van der Waals surface area contributed by atoms with Crippen LogP contribution in [0.4, 0.5) is 21.9 Å². The molecule has 0 aromatic heterocycles. The molecule has 0 aliphatic carbocycles. The normalized spacial score (nSPS) is 10.2. The zero-order valence-electron chi connectivity index (χ0n) is 11.5. The van der Waals surface area contributed by atoms with E-state index in [9.17, 15) is 9.59 Å². The van der Waals surface area contributed by atoms with Crippen LogP contribution in [0.2, 0.25) is 0 Å². The van der Waals surface area contributed by atoms with Gasteiger partial charge in [0.05, 0.1) is 29.6 Å². The molecule has 5 N–H and O–H groups in total. The van der Waals surface area contributed by atoms with E-state index in [1.54, 1.807) is 32.0 Å². The van der Waals surface area contributed by atoms with E-state index in [-0.39, 0.29) is 24.8 Å². The molecule has 110 valence electrons. The first kappa shape index (κ1) is 15.6. The Labute approximate surface area is 117 Å². The molecule has 0 fully saturated rings. The number of anilines is 3. The number of carbonyl (C=O) groups excluding carboxylic acids is 2. The lowest BCUT2D eigenvalue weighted by atomic mass is 10.2. The molecular weight excluding hydrogens is 262 g/mol. The number of ether oxygens (including phenoxy) is 2. The third-order valence-corrected chi connectivity index (χ3v) is 2.28. The van der Waals surface area contributed by atoms with E-state index >= 15 is 0 Å². The molecule has 0 unspecified atom stereocenters. The van der Waals surface area contributed by atoms with Gasteiger partial charge >= 0.3 is 12.1 Å². The predicted octanol–water partition coefficient (Wildman–Crippen LogP) is 1.74. The summed E-state index contributed by atoms with van der Waals surface area (Å²) in [6.07, 6.45) is -0.902. The number of esters is 1. The van der Waals surface area contributed by atoms with Crippen molar-refractivity contribution < 1.29 is 19.1 Å². The number of amides is 1. The summed E-state index contributed by atoms with van der Waals surface area (Å²) in [5, 5.41) is 2.45. The highest BCUT2D eigenvalue weighted by Crippen LogP contribution is 2.24. The van der Waals surface area contributed by atoms with Gasteiger partial charge in [0.25, 0.3) is 0 Å². The third-order valence-electron chi connectivity index (χ3n) is 2.28. The van der Waals surface area contributed by atoms with Crippen LogP contribution in [0.25, 0.3) is 0 Å². The number of nitrogen functional groups attached to an aromatic ring is 2. The molecule has 7 nitrogen and oxygen atoms in total. The van der Waals surface area contributed by atoms with E-state index in [4.69, 9.17) is 20.9 Å². The van der Waals surface area contributed by atoms with Crippen molar-refractivity contribution in [3.63, 3.8) is 0 Å². The van der Waals surface area contributed by atoms with E-state index in [0.29, 0.717) is 11.4 Å². The van der Waals surface area contributed by atoms with E-state index < -0.39 is 12.1 Å². The summed E-state index contributed by atoms with van der Waals surface area (Å²) in [4.78, 5) is 22.7. The van der Waals surface area contributed by atoms with Crippen molar-refractivity contribution >= 4 is 29.1 Å². The molecule has 20 heavy (non-hydrogen) atoms. The van der Waals surface area contributed by atoms with Crippen LogP contribution in [0.5, 0.6) is 0 Å². The largest absolute Gasteiger partial charge is 0.463 e. The average molecular weight is 281 g/mol. The molecule has 1 amide bonds. The second kappa shape index (κ2) is 7.22. The number of hydrogen-bond acceptors (Lipinski definition) is 6. The van der Waals surface area contributed by atoms with Crippen molar-refractivity contribution in [2.24, 2.45) is 0 Å². The molecule has 0 radical (unpaired) electrons. The lowest BCUT2D eigenvalue weighted by Gasteiger charge is -2.11. The highest BCUT2D eigenvalue weighted by atomic mass is 16.6. The second-order valence-corrected chi connectivity index (χ2v) is 4.36. The van der Waals surface area contributed by atoms with E-state index in [1.165, 1.54) is 0 Å². The van der Waals surface area contributed by atoms with Gasteiger partial charge in [-0.1, -0.05) is 6.07 Å². The minimum atomic E-state index is -0.709. The molecule has 0 saturated carbocycles. The monoisotopic (exact) mass is 281 g/mol. The summed E-state index contributed by atoms with van der Waals surface area (Å²) < 4.78 is 9.74. The van der Waals surface area contributed by atoms with Crippen molar-refractivity contribution in [1.82, 2.24) is 0 Å². The van der Waals surface area contributed by atoms with E-state index in [1.807, 2.05) is 0 Å². The van der Waals surface area contributed by atoms with Crippen LogP contribution in [0.3, 0.4) is 0 Å². The summed E-state index contributed by atoms with van der Waals surface area (Å²) in [6, 6.07) is 4.87. The topological polar surface area (TPSA) is 117 Å². The van der Waals surface area contributed by atoms with Crippen LogP contribution in [-0.4, -0.2) is 24.8 Å². The Balaban J connectivity index is 2.37. The Hall–Kier alpha value is -2.44. The van der Waals surface area contributed by atoms with Crippen LogP contribution in [0.1, 0.15) is 20.3 Å². The van der Waals surface area contributed by atoms with Gasteiger partial charge in [-0.2, -0.15) is 0 Å². The lowest BCUT2D eigenvalue weighted by molar-refractivity contribution is -0.148. The Kier molecular flexibility index (Phi) is 5.64. The van der Waals surface area contributed by atoms with Crippen molar-refractivity contribution in [3.8, 4) is 0 Å². The van der Waals surface area contributed by atoms with Crippen molar-refractivity contribution in [2.75, 3.05) is 23.4 Å². The molecule has 0 aliphatic heterocycles. The number of benzene rings is 1. The summed E-state index contributed by atoms with van der Waals surface area (Å²) in [6.45, 7) is 3.42. The number of hydrogen-bond donors (Lipinski definition) is 3. The minimum absolute atomic E-state index is 0.00197. The van der Waals surface area contributed by atoms with Gasteiger partial charge in [-0.15, -0.1) is 0 Å². The number of para-hydroxylation sites is 1. The number of rotatable bonds is 5. The summed E-state index contributed by atoms with van der Waals surface area (Å²) in [5.74, 6) is -0.420. The van der Waals surface area contributed by atoms with Crippen molar-refractivity contribution in [1.29, 1.82) is 0 Å². The Morgan fingerprint density at radius 2 is 2.00 bits per heavy atom. The van der Waals surface area contributed by atoms with Crippen LogP contribution in [0, 0.1) is 0 Å². The molecule has 1 aromatic carbocycles. The maximum Gasteiger partial charge on any atom is 0.411 e. The molecule has 1 rings (SSSR count). The number of nitrogens with one attached hydrogen (secondary N) is 1. The van der Waals surface area contributed by atoms with E-state index in [2.05, 4.69) is 5.32 Å². The minimum Gasteiger partial charge on any atom is -0.463 e. The van der Waals surface area contributed by atoms with Gasteiger partial charge in [0.2, 0.25) is 0 Å². The fourth-order valence-corrected chi connectivity index (χ4v) is 1.39. The van der Waals surface area contributed by atoms with Gasteiger partial charge in [-0.05, 0) is 26.0 Å². The quantitative estimate of drug-likeness (QED) is 0.559. The molecule has 0 spiro atoms. The van der Waals surface area contributed by atoms with Gasteiger partial charge in [-0.3, -0.25) is 10.1 Å². The maximum absolute atomic E-state index is 11.5. The third kappa shape index (κ3) is 5.05. The molecule has 7 heteroatoms. The van der Waals surface area contributed by atoms with E-state index in [0.717, 1.165) is 0 Å². The zero-order valence-corrected chi connectivity index (χ0v) is 11.5. The van der Waals surface area contributed by atoms with Crippen LogP contribution < -0.4 is 16.8 Å². The highest BCUT2D eigenvalue weighted by Gasteiger charge is 2.10. The predicted molar refractivity (Wildman–Crippen MR) is 76.1 cm³/mol. The van der Waals surface area contributed by atoms with Crippen LogP contribution in [0.15, 0.2) is 18.2 Å². The first-order valence-electron chi connectivity index (χ1n) is 6.17. The van der Waals surface area contributed by atoms with Gasteiger partial charge < -0.3 is 20.9 Å². The first-order valence-corrected chi connectivity index (χ1v) is 6.17. The summed E-state index contributed by atoms with van der Waals surface area (Å²) >= 11 is 0. The SMILES string of the molecule is CC(C)OC(=O)CCOC(=O)Nc1cccc(N)c1N. The summed E-state index contributed by atoms with van der Waals surface area (Å²) in [7, 11) is 0. The van der Waals surface area contributed by atoms with Crippen LogP contribution >= 0.6 is 0 Å². The van der Waals surface area contributed by atoms with Crippen LogP contribution in [-0.2, 0) is 14.3 Å². The molecular formula is C13H19N3O4. The van der Waals surface area contributed by atoms with Crippen molar-refractivity contribution in [3.05, 3.63) is 18.2 Å². The second-order valence-electron chi connectivity index (χ2n) is 4.36. The Morgan fingerprint density at radius 1 is 1.30 bits per heavy atom. The average Bonchev–Trinajstić information content (AvgIpc) is 2.34. The fourth-order valence-electron chi connectivity index (χ4n) is 1.39. The van der Waals surface area contributed by atoms with Gasteiger partial charge in [0.15, 0.2) is 0 Å². The smallest absolute Gasteiger partial charge is 0.411 e. The number of nitrogens with two attached hydrogens (primary N) is 2. The van der Waals surface area contributed by atoms with Gasteiger partial charge in [0, 0.05) is 0 Å². The molecule has 0 aliphatic rings. The molecule has 0 atom stereocenters. The Morgan fingerprint density at radius 3 is 2.65 bits per heavy atom. The molecule has 0 heterocycles. The Bertz CT molecular complexity index is 489. The number of carbonyl (C=O) groups is 2. The zero-order chi connectivity index (χ0) is 15.1. The maximum atomic E-state index is 11.5. The highest BCUT2D eigenvalue weighted by molar-refractivity contribution is 5.92. The standard InChI is InChI=1S/C13H19N3O4/c1-8(2)20-11(17)6-7-19-13(18)16-10-5-3-4-9(14)12(10)15/h3-5,8H,6-7,14-15H2,1-2H3,(H,16,18). The van der Waals surface area contributed by atoms with Gasteiger partial charge in [-0.25, -0.2) is 4.79 Å². The van der Waals surface area contributed by atoms with Gasteiger partial charge in [0.1, 0.15) is 6.61 Å². The summed E-state index contributed by atoms with van der Waals surface area (Å²) in [5.41, 5.74) is 12.3. The van der Waals surface area contributed by atoms with Crippen molar-refractivity contribution in [2.45, 2.75) is 26.4 Å². The lowest BCUT2D eigenvalue weighted by Crippen LogP contribution is -2.19. The molecule has 0 bridgehead atoms. The fraction of sp³-hybridized carbons (Fsp3) is 0.385. The molecule has 1 aromatic rings. The molecule has 0 saturated heterocycles. The first-order chi connectivity index (χ1) is 9.40.